The van der Waals surface area contributed by atoms with Gasteiger partial charge in [-0.2, -0.15) is 0 Å². The minimum atomic E-state index is 0.521. The van der Waals surface area contributed by atoms with Gasteiger partial charge < -0.3 is 10.5 Å². The molecule has 6 heteroatoms. The Morgan fingerprint density at radius 1 is 1.30 bits per heavy atom. The molecule has 0 aliphatic heterocycles. The van der Waals surface area contributed by atoms with E-state index in [4.69, 9.17) is 22.1 Å². The predicted molar refractivity (Wildman–Crippen MR) is 84.3 cm³/mol. The first-order chi connectivity index (χ1) is 9.63. The number of hydrogen-bond acceptors (Lipinski definition) is 3. The minimum Gasteiger partial charge on any atom is -0.496 e. The Morgan fingerprint density at radius 2 is 2.10 bits per heavy atom. The number of methoxy groups -OCH3 is 1. The number of halogens is 2. The summed E-state index contributed by atoms with van der Waals surface area (Å²) in [4.78, 5) is 4.58. The second kappa shape index (κ2) is 5.00. The van der Waals surface area contributed by atoms with E-state index in [0.717, 1.165) is 10.1 Å². The van der Waals surface area contributed by atoms with Gasteiger partial charge >= 0.3 is 0 Å². The van der Waals surface area contributed by atoms with Gasteiger partial charge in [0.05, 0.1) is 22.2 Å². The highest BCUT2D eigenvalue weighted by Gasteiger charge is 2.19. The lowest BCUT2D eigenvalue weighted by Gasteiger charge is -2.08. The number of anilines is 1. The van der Waals surface area contributed by atoms with Gasteiger partial charge in [-0.15, -0.1) is 0 Å². The van der Waals surface area contributed by atoms with Crippen LogP contribution in [0.25, 0.3) is 16.9 Å². The molecule has 0 atom stereocenters. The van der Waals surface area contributed by atoms with Crippen molar-refractivity contribution in [1.82, 2.24) is 9.38 Å². The zero-order valence-electron chi connectivity index (χ0n) is 10.6. The zero-order chi connectivity index (χ0) is 14.3. The third-order valence-electron chi connectivity index (χ3n) is 3.07. The van der Waals surface area contributed by atoms with E-state index in [1.165, 1.54) is 0 Å². The zero-order valence-corrected chi connectivity index (χ0v) is 12.9. The smallest absolute Gasteiger partial charge is 0.153 e. The second-order valence-corrected chi connectivity index (χ2v) is 5.47. The number of nitrogens with zero attached hydrogens (tertiary/aromatic N) is 2. The van der Waals surface area contributed by atoms with Gasteiger partial charge in [0.1, 0.15) is 17.3 Å². The SMILES string of the molecule is COc1cccc(Cl)c1-c1nc2c(Br)cccn2c1N. The number of fused-ring (bicyclic) bond motifs is 1. The first-order valence-electron chi connectivity index (χ1n) is 5.88. The lowest BCUT2D eigenvalue weighted by molar-refractivity contribution is 0.416. The molecule has 0 spiro atoms. The van der Waals surface area contributed by atoms with Crippen LogP contribution in [0.5, 0.6) is 5.75 Å². The van der Waals surface area contributed by atoms with Crippen LogP contribution in [0.1, 0.15) is 0 Å². The van der Waals surface area contributed by atoms with Crippen LogP contribution in [0.2, 0.25) is 5.02 Å². The van der Waals surface area contributed by atoms with E-state index in [1.54, 1.807) is 13.2 Å². The Balaban J connectivity index is 2.36. The number of benzene rings is 1. The van der Waals surface area contributed by atoms with Crippen molar-refractivity contribution in [2.45, 2.75) is 0 Å². The van der Waals surface area contributed by atoms with Gasteiger partial charge in [0.25, 0.3) is 0 Å². The molecule has 0 aliphatic carbocycles. The van der Waals surface area contributed by atoms with Gasteiger partial charge in [-0.05, 0) is 40.2 Å². The molecule has 0 radical (unpaired) electrons. The Labute approximate surface area is 129 Å². The highest BCUT2D eigenvalue weighted by molar-refractivity contribution is 9.10. The van der Waals surface area contributed by atoms with Crippen LogP contribution in [0.15, 0.2) is 41.0 Å². The number of rotatable bonds is 2. The van der Waals surface area contributed by atoms with Gasteiger partial charge in [0.2, 0.25) is 0 Å². The van der Waals surface area contributed by atoms with E-state index in [-0.39, 0.29) is 0 Å². The van der Waals surface area contributed by atoms with E-state index >= 15 is 0 Å². The molecule has 0 saturated carbocycles. The molecule has 1 aromatic carbocycles. The molecule has 0 amide bonds. The number of nitrogen functional groups attached to an aromatic ring is 1. The fraction of sp³-hybridized carbons (Fsp3) is 0.0714. The summed E-state index contributed by atoms with van der Waals surface area (Å²) in [5.74, 6) is 1.16. The predicted octanol–water partition coefficient (Wildman–Crippen LogP) is 4.01. The average molecular weight is 353 g/mol. The van der Waals surface area contributed by atoms with Crippen molar-refractivity contribution < 1.29 is 4.74 Å². The summed E-state index contributed by atoms with van der Waals surface area (Å²) < 4.78 is 8.03. The van der Waals surface area contributed by atoms with Gasteiger partial charge in [0.15, 0.2) is 5.65 Å². The highest BCUT2D eigenvalue weighted by atomic mass is 79.9. The summed E-state index contributed by atoms with van der Waals surface area (Å²) >= 11 is 9.75. The van der Waals surface area contributed by atoms with Crippen LogP contribution < -0.4 is 10.5 Å². The van der Waals surface area contributed by atoms with Gasteiger partial charge in [-0.3, -0.25) is 4.40 Å². The summed E-state index contributed by atoms with van der Waals surface area (Å²) in [6, 6.07) is 9.25. The Bertz CT molecular complexity index is 800. The molecule has 0 aliphatic rings. The molecule has 2 heterocycles. The number of nitrogens with two attached hydrogens (primary N) is 1. The first kappa shape index (κ1) is 13.3. The minimum absolute atomic E-state index is 0.521. The van der Waals surface area contributed by atoms with E-state index in [0.29, 0.717) is 27.8 Å². The van der Waals surface area contributed by atoms with Crippen molar-refractivity contribution >= 4 is 39.0 Å². The molecule has 4 nitrogen and oxygen atoms in total. The van der Waals surface area contributed by atoms with Crippen LogP contribution in [0, 0.1) is 0 Å². The van der Waals surface area contributed by atoms with E-state index in [9.17, 15) is 0 Å². The molecule has 2 N–H and O–H groups in total. The lowest BCUT2D eigenvalue weighted by Crippen LogP contribution is -1.95. The van der Waals surface area contributed by atoms with E-state index in [2.05, 4.69) is 20.9 Å². The average Bonchev–Trinajstić information content (AvgIpc) is 2.77. The summed E-state index contributed by atoms with van der Waals surface area (Å²) in [6.45, 7) is 0. The molecule has 102 valence electrons. The quantitative estimate of drug-likeness (QED) is 0.758. The summed E-state index contributed by atoms with van der Waals surface area (Å²) in [5, 5.41) is 0.551. The number of aromatic nitrogens is 2. The van der Waals surface area contributed by atoms with Crippen molar-refractivity contribution in [3.63, 3.8) is 0 Å². The molecule has 0 fully saturated rings. The van der Waals surface area contributed by atoms with Crippen molar-refractivity contribution in [3.05, 3.63) is 46.0 Å². The summed E-state index contributed by atoms with van der Waals surface area (Å²) in [7, 11) is 1.59. The Morgan fingerprint density at radius 3 is 2.80 bits per heavy atom. The molecule has 0 saturated heterocycles. The third-order valence-corrected chi connectivity index (χ3v) is 4.01. The van der Waals surface area contributed by atoms with Crippen molar-refractivity contribution in [2.75, 3.05) is 12.8 Å². The molecule has 0 bridgehead atoms. The number of hydrogen-bond donors (Lipinski definition) is 1. The number of pyridine rings is 1. The van der Waals surface area contributed by atoms with Gasteiger partial charge in [-0.25, -0.2) is 4.98 Å². The molecule has 2 aromatic heterocycles. The first-order valence-corrected chi connectivity index (χ1v) is 7.05. The molecular formula is C14H11BrClN3O. The fourth-order valence-electron chi connectivity index (χ4n) is 2.14. The Kier molecular flexibility index (Phi) is 3.31. The monoisotopic (exact) mass is 351 g/mol. The van der Waals surface area contributed by atoms with Crippen molar-refractivity contribution in [3.8, 4) is 17.0 Å². The molecule has 20 heavy (non-hydrogen) atoms. The summed E-state index contributed by atoms with van der Waals surface area (Å²) in [5.41, 5.74) is 8.25. The van der Waals surface area contributed by atoms with E-state index < -0.39 is 0 Å². The molecule has 0 unspecified atom stereocenters. The van der Waals surface area contributed by atoms with Crippen LogP contribution in [-0.2, 0) is 0 Å². The third kappa shape index (κ3) is 1.94. The Hall–Kier alpha value is -1.72. The number of imidazole rings is 1. The normalized spacial score (nSPS) is 10.9. The largest absolute Gasteiger partial charge is 0.496 e. The van der Waals surface area contributed by atoms with Crippen LogP contribution in [0.3, 0.4) is 0 Å². The maximum atomic E-state index is 6.29. The standard InChI is InChI=1S/C14H11BrClN3O/c1-20-10-6-2-5-9(16)11(10)12-13(17)19-7-3-4-8(15)14(19)18-12/h2-7H,17H2,1H3. The van der Waals surface area contributed by atoms with Crippen LogP contribution >= 0.6 is 27.5 Å². The van der Waals surface area contributed by atoms with Crippen molar-refractivity contribution in [1.29, 1.82) is 0 Å². The molecule has 3 rings (SSSR count). The van der Waals surface area contributed by atoms with E-state index in [1.807, 2.05) is 34.9 Å². The van der Waals surface area contributed by atoms with Gasteiger partial charge in [0, 0.05) is 6.20 Å². The van der Waals surface area contributed by atoms with Crippen LogP contribution in [0.4, 0.5) is 5.82 Å². The maximum Gasteiger partial charge on any atom is 0.153 e. The number of ether oxygens (including phenoxy) is 1. The topological polar surface area (TPSA) is 52.5 Å². The molecule has 3 aromatic rings. The lowest BCUT2D eigenvalue weighted by atomic mass is 10.1. The fourth-order valence-corrected chi connectivity index (χ4v) is 2.83. The summed E-state index contributed by atoms with van der Waals surface area (Å²) in [6.07, 6.45) is 1.86. The second-order valence-electron chi connectivity index (χ2n) is 4.21. The molecular weight excluding hydrogens is 342 g/mol. The van der Waals surface area contributed by atoms with Gasteiger partial charge in [-0.1, -0.05) is 17.7 Å². The van der Waals surface area contributed by atoms with Crippen LogP contribution in [-0.4, -0.2) is 16.5 Å². The highest BCUT2D eigenvalue weighted by Crippen LogP contribution is 2.39. The maximum absolute atomic E-state index is 6.29. The van der Waals surface area contributed by atoms with Crippen molar-refractivity contribution in [2.24, 2.45) is 0 Å².